The Bertz CT molecular complexity index is 1450. The van der Waals surface area contributed by atoms with Crippen molar-refractivity contribution < 1.29 is 12.8 Å². The first-order valence-corrected chi connectivity index (χ1v) is 11.5. The van der Waals surface area contributed by atoms with Gasteiger partial charge in [0.1, 0.15) is 5.82 Å². The van der Waals surface area contributed by atoms with Gasteiger partial charge in [0, 0.05) is 24.4 Å². The Hall–Kier alpha value is -3.65. The zero-order valence-corrected chi connectivity index (χ0v) is 18.0. The van der Waals surface area contributed by atoms with Crippen molar-refractivity contribution in [3.63, 3.8) is 0 Å². The number of halogens is 1. The fourth-order valence-corrected chi connectivity index (χ4v) is 5.35. The number of rotatable bonds is 4. The molecule has 1 aromatic heterocycles. The zero-order valence-electron chi connectivity index (χ0n) is 17.2. The molecule has 32 heavy (non-hydrogen) atoms. The van der Waals surface area contributed by atoms with Gasteiger partial charge in [-0.05, 0) is 54.4 Å². The Balaban J connectivity index is 1.64. The monoisotopic (exact) mass is 446 g/mol. The van der Waals surface area contributed by atoms with E-state index in [0.717, 1.165) is 38.8 Å². The first-order chi connectivity index (χ1) is 15.4. The molecule has 0 unspecified atom stereocenters. The lowest BCUT2D eigenvalue weighted by Crippen LogP contribution is -2.27. The summed E-state index contributed by atoms with van der Waals surface area (Å²) in [6.45, 7) is 1.97. The van der Waals surface area contributed by atoms with E-state index < -0.39 is 21.9 Å². The molecule has 3 aromatic carbocycles. The summed E-state index contributed by atoms with van der Waals surface area (Å²) in [5.41, 5.74) is 4.75. The molecule has 1 aliphatic rings. The van der Waals surface area contributed by atoms with Crippen LogP contribution in [-0.2, 0) is 10.0 Å². The fraction of sp³-hybridized carbons (Fsp3) is 0.125. The van der Waals surface area contributed by atoms with Crippen molar-refractivity contribution >= 4 is 26.8 Å². The molecule has 1 aliphatic heterocycles. The second-order valence-electron chi connectivity index (χ2n) is 7.62. The Morgan fingerprint density at radius 3 is 2.41 bits per heavy atom. The maximum absolute atomic E-state index is 13.5. The van der Waals surface area contributed by atoms with Gasteiger partial charge in [0.2, 0.25) is 0 Å². The van der Waals surface area contributed by atoms with E-state index in [-0.39, 0.29) is 4.90 Å². The number of fused-ring (bicyclic) bond motifs is 1. The number of aryl methyl sites for hydroxylation is 1. The second kappa shape index (κ2) is 7.80. The maximum atomic E-state index is 13.5. The third-order valence-corrected chi connectivity index (χ3v) is 7.26. The molecular formula is C24H19FN4O2S. The highest BCUT2D eigenvalue weighted by atomic mass is 32.2. The largest absolute Gasteiger partial charge is 0.279 e. The first-order valence-electron chi connectivity index (χ1n) is 10.1. The molecule has 0 fully saturated rings. The van der Waals surface area contributed by atoms with Gasteiger partial charge in [-0.1, -0.05) is 30.3 Å². The summed E-state index contributed by atoms with van der Waals surface area (Å²) in [6, 6.07) is 17.5. The third-order valence-electron chi connectivity index (χ3n) is 5.56. The maximum Gasteiger partial charge on any atom is 0.279 e. The summed E-state index contributed by atoms with van der Waals surface area (Å²) in [5, 5.41) is 4.56. The van der Waals surface area contributed by atoms with Gasteiger partial charge in [0.05, 0.1) is 27.7 Å². The van der Waals surface area contributed by atoms with Crippen LogP contribution in [0.1, 0.15) is 29.2 Å². The van der Waals surface area contributed by atoms with E-state index in [4.69, 9.17) is 0 Å². The molecule has 5 rings (SSSR count). The van der Waals surface area contributed by atoms with Crippen molar-refractivity contribution in [2.24, 2.45) is 5.10 Å². The molecule has 0 radical (unpaired) electrons. The first kappa shape index (κ1) is 20.3. The van der Waals surface area contributed by atoms with E-state index in [9.17, 15) is 12.8 Å². The van der Waals surface area contributed by atoms with E-state index in [0.29, 0.717) is 17.6 Å². The molecule has 0 saturated carbocycles. The van der Waals surface area contributed by atoms with Crippen molar-refractivity contribution in [2.45, 2.75) is 24.3 Å². The summed E-state index contributed by atoms with van der Waals surface area (Å²) in [5.74, 6) is -0.501. The number of nitrogens with zero attached hydrogens (tertiary/aromatic N) is 4. The molecule has 4 aromatic rings. The van der Waals surface area contributed by atoms with Gasteiger partial charge in [-0.15, -0.1) is 0 Å². The van der Waals surface area contributed by atoms with Crippen LogP contribution in [0.15, 0.2) is 89.1 Å². The van der Waals surface area contributed by atoms with Gasteiger partial charge in [-0.25, -0.2) is 4.39 Å². The number of hydrogen-bond donors (Lipinski definition) is 0. The molecule has 6 nitrogen and oxygen atoms in total. The second-order valence-corrected chi connectivity index (χ2v) is 9.41. The quantitative estimate of drug-likeness (QED) is 0.459. The number of benzene rings is 3. The highest BCUT2D eigenvalue weighted by Gasteiger charge is 2.38. The average Bonchev–Trinajstić information content (AvgIpc) is 3.25. The lowest BCUT2D eigenvalue weighted by molar-refractivity contribution is 0.371. The van der Waals surface area contributed by atoms with Gasteiger partial charge in [-0.2, -0.15) is 17.9 Å². The van der Waals surface area contributed by atoms with Crippen LogP contribution in [0.4, 0.5) is 4.39 Å². The van der Waals surface area contributed by atoms with E-state index >= 15 is 0 Å². The van der Waals surface area contributed by atoms with Crippen LogP contribution in [0.3, 0.4) is 0 Å². The summed E-state index contributed by atoms with van der Waals surface area (Å²) >= 11 is 0. The Labute approximate surface area is 185 Å². The molecule has 160 valence electrons. The number of sulfonamides is 1. The van der Waals surface area contributed by atoms with Crippen molar-refractivity contribution in [3.8, 4) is 0 Å². The van der Waals surface area contributed by atoms with Crippen molar-refractivity contribution in [2.75, 3.05) is 0 Å². The standard InChI is InChI=1S/C24H19FN4O2S/c1-16-4-2-3-5-20(16)22-15-24(17-6-11-21-23(14-17)27-13-12-26-21)29(28-22)32(30,31)19-9-7-18(25)8-10-19/h2-14,24H,15H2,1H3/t24-/m0/s1. The molecule has 0 amide bonds. The fourth-order valence-electron chi connectivity index (χ4n) is 3.92. The van der Waals surface area contributed by atoms with Crippen LogP contribution in [-0.4, -0.2) is 28.5 Å². The van der Waals surface area contributed by atoms with Crippen molar-refractivity contribution in [3.05, 3.63) is 102 Å². The lowest BCUT2D eigenvalue weighted by atomic mass is 9.96. The van der Waals surface area contributed by atoms with Crippen LogP contribution in [0, 0.1) is 12.7 Å². The molecule has 1 atom stereocenters. The molecule has 0 spiro atoms. The molecule has 2 heterocycles. The summed E-state index contributed by atoms with van der Waals surface area (Å²) in [6.07, 6.45) is 3.61. The Morgan fingerprint density at radius 2 is 1.66 bits per heavy atom. The minimum Gasteiger partial charge on any atom is -0.253 e. The van der Waals surface area contributed by atoms with E-state index in [1.54, 1.807) is 12.4 Å². The predicted molar refractivity (Wildman–Crippen MR) is 120 cm³/mol. The van der Waals surface area contributed by atoms with Crippen molar-refractivity contribution in [1.82, 2.24) is 14.4 Å². The van der Waals surface area contributed by atoms with Gasteiger partial charge < -0.3 is 0 Å². The molecule has 8 heteroatoms. The van der Waals surface area contributed by atoms with Gasteiger partial charge >= 0.3 is 0 Å². The van der Waals surface area contributed by atoms with Crippen molar-refractivity contribution in [1.29, 1.82) is 0 Å². The summed E-state index contributed by atoms with van der Waals surface area (Å²) in [7, 11) is -4.02. The van der Waals surface area contributed by atoms with Gasteiger partial charge in [0.15, 0.2) is 0 Å². The average molecular weight is 447 g/mol. The number of hydrogen-bond acceptors (Lipinski definition) is 5. The van der Waals surface area contributed by atoms with Crippen LogP contribution < -0.4 is 0 Å². The highest BCUT2D eigenvalue weighted by Crippen LogP contribution is 2.38. The lowest BCUT2D eigenvalue weighted by Gasteiger charge is -2.23. The topological polar surface area (TPSA) is 75.5 Å². The minimum absolute atomic E-state index is 0.0146. The third kappa shape index (κ3) is 3.52. The normalized spacial score (nSPS) is 16.4. The smallest absolute Gasteiger partial charge is 0.253 e. The van der Waals surface area contributed by atoms with Gasteiger partial charge in [0.25, 0.3) is 10.0 Å². The molecule has 0 aliphatic carbocycles. The molecule has 0 bridgehead atoms. The Kier molecular flexibility index (Phi) is 4.94. The zero-order chi connectivity index (χ0) is 22.3. The number of aromatic nitrogens is 2. The number of hydrazone groups is 1. The van der Waals surface area contributed by atoms with Gasteiger partial charge in [-0.3, -0.25) is 9.97 Å². The predicted octanol–water partition coefficient (Wildman–Crippen LogP) is 4.62. The van der Waals surface area contributed by atoms with E-state index in [1.165, 1.54) is 12.1 Å². The molecule has 0 saturated heterocycles. The molecular weight excluding hydrogens is 427 g/mol. The van der Waals surface area contributed by atoms with Crippen LogP contribution >= 0.6 is 0 Å². The summed E-state index contributed by atoms with van der Waals surface area (Å²) in [4.78, 5) is 8.62. The summed E-state index contributed by atoms with van der Waals surface area (Å²) < 4.78 is 41.6. The minimum atomic E-state index is -4.02. The molecule has 0 N–H and O–H groups in total. The van der Waals surface area contributed by atoms with E-state index in [2.05, 4.69) is 15.1 Å². The SMILES string of the molecule is Cc1ccccc1C1=NN(S(=O)(=O)c2ccc(F)cc2)[C@H](c2ccc3nccnc3c2)C1. The van der Waals surface area contributed by atoms with Crippen LogP contribution in [0.2, 0.25) is 0 Å². The van der Waals surface area contributed by atoms with Crippen LogP contribution in [0.5, 0.6) is 0 Å². The van der Waals surface area contributed by atoms with E-state index in [1.807, 2.05) is 49.4 Å². The Morgan fingerprint density at radius 1 is 0.938 bits per heavy atom. The van der Waals surface area contributed by atoms with Crippen LogP contribution in [0.25, 0.3) is 11.0 Å². The highest BCUT2D eigenvalue weighted by molar-refractivity contribution is 7.89.